The standard InChI is InChI=1S/C14H13Cl2N3O2S/c1-8(20)17-5-4-13(21)19-14-18-12(7-22-14)9-2-3-10(15)11(16)6-9/h2-3,6-7H,4-5H2,1H3,(H,17,20)(H,18,19,21). The Hall–Kier alpha value is -1.63. The number of thiazole rings is 1. The summed E-state index contributed by atoms with van der Waals surface area (Å²) in [5.74, 6) is -0.368. The van der Waals surface area contributed by atoms with Crippen molar-refractivity contribution in [1.82, 2.24) is 10.3 Å². The summed E-state index contributed by atoms with van der Waals surface area (Å²) in [6.45, 7) is 1.70. The van der Waals surface area contributed by atoms with Crippen LogP contribution in [-0.2, 0) is 9.59 Å². The van der Waals surface area contributed by atoms with Crippen molar-refractivity contribution in [3.05, 3.63) is 33.6 Å². The molecular weight excluding hydrogens is 345 g/mol. The van der Waals surface area contributed by atoms with Gasteiger partial charge in [0.2, 0.25) is 11.8 Å². The largest absolute Gasteiger partial charge is 0.356 e. The molecule has 1 aromatic carbocycles. The molecule has 0 aliphatic carbocycles. The molecule has 2 aromatic rings. The number of carbonyl (C=O) groups is 2. The number of benzene rings is 1. The van der Waals surface area contributed by atoms with Crippen LogP contribution in [0.1, 0.15) is 13.3 Å². The molecule has 0 radical (unpaired) electrons. The van der Waals surface area contributed by atoms with E-state index in [1.807, 2.05) is 11.4 Å². The summed E-state index contributed by atoms with van der Waals surface area (Å²) in [5.41, 5.74) is 1.53. The molecule has 1 heterocycles. The zero-order valence-electron chi connectivity index (χ0n) is 11.7. The van der Waals surface area contributed by atoms with Gasteiger partial charge in [0.1, 0.15) is 0 Å². The van der Waals surface area contributed by atoms with Crippen LogP contribution in [0.15, 0.2) is 23.6 Å². The normalized spacial score (nSPS) is 10.3. The van der Waals surface area contributed by atoms with Crippen molar-refractivity contribution >= 4 is 51.5 Å². The first-order valence-corrected chi connectivity index (χ1v) is 8.04. The van der Waals surface area contributed by atoms with Crippen LogP contribution in [-0.4, -0.2) is 23.3 Å². The van der Waals surface area contributed by atoms with Gasteiger partial charge in [-0.2, -0.15) is 0 Å². The van der Waals surface area contributed by atoms with E-state index in [1.165, 1.54) is 18.3 Å². The van der Waals surface area contributed by atoms with Crippen molar-refractivity contribution in [2.75, 3.05) is 11.9 Å². The maximum atomic E-state index is 11.7. The quantitative estimate of drug-likeness (QED) is 0.858. The minimum absolute atomic E-state index is 0.163. The van der Waals surface area contributed by atoms with Crippen LogP contribution < -0.4 is 10.6 Å². The fourth-order valence-corrected chi connectivity index (χ4v) is 2.69. The number of rotatable bonds is 5. The third-order valence-electron chi connectivity index (χ3n) is 2.69. The van der Waals surface area contributed by atoms with E-state index in [0.717, 1.165) is 5.56 Å². The van der Waals surface area contributed by atoms with Gasteiger partial charge >= 0.3 is 0 Å². The molecule has 0 unspecified atom stereocenters. The summed E-state index contributed by atoms with van der Waals surface area (Å²) in [5, 5.41) is 8.50. The number of nitrogens with zero attached hydrogens (tertiary/aromatic N) is 1. The number of halogens is 2. The zero-order valence-corrected chi connectivity index (χ0v) is 14.0. The Bertz CT molecular complexity index is 703. The number of amides is 2. The van der Waals surface area contributed by atoms with Gasteiger partial charge in [0.25, 0.3) is 0 Å². The fourth-order valence-electron chi connectivity index (χ4n) is 1.65. The summed E-state index contributed by atoms with van der Waals surface area (Å²) in [7, 11) is 0. The highest BCUT2D eigenvalue weighted by Gasteiger charge is 2.09. The highest BCUT2D eigenvalue weighted by Crippen LogP contribution is 2.30. The molecule has 0 saturated carbocycles. The van der Waals surface area contributed by atoms with Crippen LogP contribution >= 0.6 is 34.5 Å². The van der Waals surface area contributed by atoms with Gasteiger partial charge in [-0.05, 0) is 12.1 Å². The Morgan fingerprint density at radius 1 is 1.27 bits per heavy atom. The van der Waals surface area contributed by atoms with E-state index in [2.05, 4.69) is 15.6 Å². The van der Waals surface area contributed by atoms with Gasteiger partial charge in [-0.15, -0.1) is 11.3 Å². The van der Waals surface area contributed by atoms with E-state index >= 15 is 0 Å². The number of hydrogen-bond acceptors (Lipinski definition) is 4. The predicted molar refractivity (Wildman–Crippen MR) is 89.5 cm³/mol. The predicted octanol–water partition coefficient (Wildman–Crippen LogP) is 3.58. The maximum Gasteiger partial charge on any atom is 0.227 e. The Labute approximate surface area is 141 Å². The molecule has 2 amide bonds. The van der Waals surface area contributed by atoms with Crippen LogP contribution in [0.5, 0.6) is 0 Å². The van der Waals surface area contributed by atoms with Crippen LogP contribution in [0.25, 0.3) is 11.3 Å². The molecule has 0 bridgehead atoms. The molecule has 0 saturated heterocycles. The van der Waals surface area contributed by atoms with Crippen LogP contribution in [0.4, 0.5) is 5.13 Å². The van der Waals surface area contributed by atoms with Crippen molar-refractivity contribution in [3.63, 3.8) is 0 Å². The fraction of sp³-hybridized carbons (Fsp3) is 0.214. The van der Waals surface area contributed by atoms with Gasteiger partial charge in [-0.25, -0.2) is 4.98 Å². The lowest BCUT2D eigenvalue weighted by Gasteiger charge is -2.02. The Balaban J connectivity index is 1.97. The summed E-state index contributed by atoms with van der Waals surface area (Å²) in [6.07, 6.45) is 0.196. The summed E-state index contributed by atoms with van der Waals surface area (Å²) in [6, 6.07) is 5.23. The lowest BCUT2D eigenvalue weighted by atomic mass is 10.2. The van der Waals surface area contributed by atoms with Crippen LogP contribution in [0.2, 0.25) is 10.0 Å². The number of carbonyl (C=O) groups excluding carboxylic acids is 2. The first-order valence-electron chi connectivity index (χ1n) is 6.41. The minimum Gasteiger partial charge on any atom is -0.356 e. The molecule has 0 atom stereocenters. The van der Waals surface area contributed by atoms with Crippen molar-refractivity contribution in [1.29, 1.82) is 0 Å². The highest BCUT2D eigenvalue weighted by molar-refractivity contribution is 7.14. The number of hydrogen-bond donors (Lipinski definition) is 2. The van der Waals surface area contributed by atoms with Gasteiger partial charge in [0.15, 0.2) is 5.13 Å². The lowest BCUT2D eigenvalue weighted by molar-refractivity contribution is -0.119. The first kappa shape index (κ1) is 16.7. The van der Waals surface area contributed by atoms with E-state index in [0.29, 0.717) is 27.4 Å². The number of aromatic nitrogens is 1. The van der Waals surface area contributed by atoms with E-state index in [9.17, 15) is 9.59 Å². The molecule has 8 heteroatoms. The second-order valence-corrected chi connectivity index (χ2v) is 6.12. The smallest absolute Gasteiger partial charge is 0.227 e. The molecule has 2 rings (SSSR count). The topological polar surface area (TPSA) is 71.1 Å². The Morgan fingerprint density at radius 3 is 2.73 bits per heavy atom. The van der Waals surface area contributed by atoms with E-state index in [4.69, 9.17) is 23.2 Å². The van der Waals surface area contributed by atoms with Gasteiger partial charge in [0, 0.05) is 30.8 Å². The molecule has 1 aromatic heterocycles. The molecule has 0 aliphatic rings. The summed E-state index contributed by atoms with van der Waals surface area (Å²) < 4.78 is 0. The maximum absolute atomic E-state index is 11.7. The Morgan fingerprint density at radius 2 is 2.05 bits per heavy atom. The molecule has 0 spiro atoms. The molecule has 0 aliphatic heterocycles. The lowest BCUT2D eigenvalue weighted by Crippen LogP contribution is -2.25. The third-order valence-corrected chi connectivity index (χ3v) is 4.19. The second-order valence-electron chi connectivity index (χ2n) is 4.45. The van der Waals surface area contributed by atoms with E-state index in [1.54, 1.807) is 12.1 Å². The Kier molecular flexibility index (Phi) is 5.76. The average Bonchev–Trinajstić information content (AvgIpc) is 2.90. The monoisotopic (exact) mass is 357 g/mol. The van der Waals surface area contributed by atoms with Crippen molar-refractivity contribution in [2.45, 2.75) is 13.3 Å². The van der Waals surface area contributed by atoms with E-state index in [-0.39, 0.29) is 18.2 Å². The van der Waals surface area contributed by atoms with Gasteiger partial charge in [-0.1, -0.05) is 29.3 Å². The molecule has 22 heavy (non-hydrogen) atoms. The molecule has 5 nitrogen and oxygen atoms in total. The minimum atomic E-state index is -0.205. The van der Waals surface area contributed by atoms with E-state index < -0.39 is 0 Å². The third kappa shape index (κ3) is 4.69. The highest BCUT2D eigenvalue weighted by atomic mass is 35.5. The van der Waals surface area contributed by atoms with Crippen LogP contribution in [0, 0.1) is 0 Å². The molecular formula is C14H13Cl2N3O2S. The van der Waals surface area contributed by atoms with Crippen molar-refractivity contribution in [3.8, 4) is 11.3 Å². The summed E-state index contributed by atoms with van der Waals surface area (Å²) in [4.78, 5) is 26.8. The van der Waals surface area contributed by atoms with Gasteiger partial charge in [0.05, 0.1) is 15.7 Å². The van der Waals surface area contributed by atoms with Gasteiger partial charge in [-0.3, -0.25) is 9.59 Å². The van der Waals surface area contributed by atoms with Crippen LogP contribution in [0.3, 0.4) is 0 Å². The second kappa shape index (κ2) is 7.58. The molecule has 2 N–H and O–H groups in total. The van der Waals surface area contributed by atoms with Crippen molar-refractivity contribution in [2.24, 2.45) is 0 Å². The van der Waals surface area contributed by atoms with Crippen molar-refractivity contribution < 1.29 is 9.59 Å². The average molecular weight is 358 g/mol. The first-order chi connectivity index (χ1) is 10.5. The number of nitrogens with one attached hydrogen (secondary N) is 2. The summed E-state index contributed by atoms with van der Waals surface area (Å²) >= 11 is 13.2. The molecule has 116 valence electrons. The SMILES string of the molecule is CC(=O)NCCC(=O)Nc1nc(-c2ccc(Cl)c(Cl)c2)cs1. The van der Waals surface area contributed by atoms with Gasteiger partial charge < -0.3 is 10.6 Å². The molecule has 0 fully saturated rings. The zero-order chi connectivity index (χ0) is 16.1. The number of anilines is 1.